The van der Waals surface area contributed by atoms with Crippen molar-refractivity contribution in [2.45, 2.75) is 25.7 Å². The number of carbonyl (C=O) groups is 1. The Hall–Kier alpha value is -2.30. The van der Waals surface area contributed by atoms with E-state index in [1.807, 2.05) is 12.1 Å². The highest BCUT2D eigenvalue weighted by Crippen LogP contribution is 2.24. The van der Waals surface area contributed by atoms with E-state index in [0.29, 0.717) is 19.3 Å². The fourth-order valence-corrected chi connectivity index (χ4v) is 2.64. The summed E-state index contributed by atoms with van der Waals surface area (Å²) in [5, 5.41) is 18.3. The number of aliphatic carboxylic acids is 1. The molecule has 2 aromatic rings. The van der Waals surface area contributed by atoms with Gasteiger partial charge in [-0.15, -0.1) is 0 Å². The van der Waals surface area contributed by atoms with Crippen molar-refractivity contribution in [3.63, 3.8) is 0 Å². The number of hydrogen-bond donors (Lipinski definition) is 3. The first-order valence-electron chi connectivity index (χ1n) is 6.69. The third kappa shape index (κ3) is 2.52. The summed E-state index contributed by atoms with van der Waals surface area (Å²) in [6.45, 7) is 0. The van der Waals surface area contributed by atoms with E-state index in [2.05, 4.69) is 9.97 Å². The van der Waals surface area contributed by atoms with Gasteiger partial charge in [0.2, 0.25) is 0 Å². The Morgan fingerprint density at radius 3 is 2.80 bits per heavy atom. The van der Waals surface area contributed by atoms with Gasteiger partial charge >= 0.3 is 5.97 Å². The van der Waals surface area contributed by atoms with Gasteiger partial charge in [0.1, 0.15) is 11.6 Å². The van der Waals surface area contributed by atoms with Gasteiger partial charge in [-0.2, -0.15) is 0 Å². The van der Waals surface area contributed by atoms with Crippen molar-refractivity contribution < 1.29 is 15.0 Å². The van der Waals surface area contributed by atoms with Gasteiger partial charge in [-0.1, -0.05) is 12.1 Å². The molecule has 0 aliphatic heterocycles. The zero-order valence-electron chi connectivity index (χ0n) is 11.0. The first kappa shape index (κ1) is 12.7. The average Bonchev–Trinajstić information content (AvgIpc) is 2.82. The molecule has 3 N–H and O–H groups in total. The number of imidazole rings is 1. The SMILES string of the molecule is O=C(O)C1CCc2nc(Cc3ccc(O)cc3)[nH]c2C1. The second kappa shape index (κ2) is 5.00. The van der Waals surface area contributed by atoms with E-state index < -0.39 is 5.97 Å². The highest BCUT2D eigenvalue weighted by Gasteiger charge is 2.26. The summed E-state index contributed by atoms with van der Waals surface area (Å²) in [6.07, 6.45) is 2.57. The molecule has 0 bridgehead atoms. The van der Waals surface area contributed by atoms with E-state index in [0.717, 1.165) is 29.2 Å². The number of nitrogens with one attached hydrogen (secondary N) is 1. The van der Waals surface area contributed by atoms with Crippen molar-refractivity contribution in [1.82, 2.24) is 9.97 Å². The summed E-state index contributed by atoms with van der Waals surface area (Å²) in [6, 6.07) is 7.02. The molecule has 1 unspecified atom stereocenters. The first-order chi connectivity index (χ1) is 9.61. The zero-order valence-corrected chi connectivity index (χ0v) is 11.0. The molecule has 1 aliphatic rings. The molecule has 1 atom stereocenters. The monoisotopic (exact) mass is 272 g/mol. The lowest BCUT2D eigenvalue weighted by Gasteiger charge is -2.16. The van der Waals surface area contributed by atoms with Crippen molar-refractivity contribution in [1.29, 1.82) is 0 Å². The molecule has 0 saturated heterocycles. The number of benzene rings is 1. The highest BCUT2D eigenvalue weighted by atomic mass is 16.4. The molecular formula is C15H16N2O3. The summed E-state index contributed by atoms with van der Waals surface area (Å²) in [5.74, 6) is 0.0679. The number of carboxylic acids is 1. The molecule has 20 heavy (non-hydrogen) atoms. The van der Waals surface area contributed by atoms with E-state index in [1.54, 1.807) is 12.1 Å². The lowest BCUT2D eigenvalue weighted by molar-refractivity contribution is -0.142. The summed E-state index contributed by atoms with van der Waals surface area (Å²) in [5.41, 5.74) is 3.01. The average molecular weight is 272 g/mol. The maximum Gasteiger partial charge on any atom is 0.306 e. The summed E-state index contributed by atoms with van der Waals surface area (Å²) < 4.78 is 0. The molecule has 3 rings (SSSR count). The number of nitrogens with zero attached hydrogens (tertiary/aromatic N) is 1. The predicted octanol–water partition coefficient (Wildman–Crippen LogP) is 1.90. The maximum atomic E-state index is 11.0. The molecule has 1 aliphatic carbocycles. The Labute approximate surface area is 116 Å². The standard InChI is InChI=1S/C15H16N2O3/c18-11-4-1-9(2-5-11)7-14-16-12-6-3-10(15(19)20)8-13(12)17-14/h1-2,4-5,10,18H,3,6-8H2,(H,16,17)(H,19,20). The van der Waals surface area contributed by atoms with Crippen molar-refractivity contribution in [3.05, 3.63) is 47.0 Å². The van der Waals surface area contributed by atoms with Gasteiger partial charge in [0.15, 0.2) is 0 Å². The van der Waals surface area contributed by atoms with Crippen LogP contribution in [0.5, 0.6) is 5.75 Å². The Balaban J connectivity index is 1.77. The molecule has 1 aromatic carbocycles. The van der Waals surface area contributed by atoms with Crippen molar-refractivity contribution in [2.75, 3.05) is 0 Å². The van der Waals surface area contributed by atoms with Crippen LogP contribution in [0.3, 0.4) is 0 Å². The highest BCUT2D eigenvalue weighted by molar-refractivity contribution is 5.70. The summed E-state index contributed by atoms with van der Waals surface area (Å²) in [7, 11) is 0. The number of hydrogen-bond acceptors (Lipinski definition) is 3. The van der Waals surface area contributed by atoms with Crippen LogP contribution in [0.25, 0.3) is 0 Å². The Morgan fingerprint density at radius 1 is 1.35 bits per heavy atom. The number of fused-ring (bicyclic) bond motifs is 1. The molecule has 0 saturated carbocycles. The number of aromatic hydroxyl groups is 1. The van der Waals surface area contributed by atoms with Gasteiger partial charge in [0, 0.05) is 18.5 Å². The number of H-pyrrole nitrogens is 1. The van der Waals surface area contributed by atoms with E-state index >= 15 is 0 Å². The van der Waals surface area contributed by atoms with Crippen molar-refractivity contribution >= 4 is 5.97 Å². The molecule has 1 aromatic heterocycles. The molecular weight excluding hydrogens is 256 g/mol. The van der Waals surface area contributed by atoms with Crippen LogP contribution < -0.4 is 0 Å². The number of phenols is 1. The van der Waals surface area contributed by atoms with Gasteiger partial charge in [-0.3, -0.25) is 4.79 Å². The van der Waals surface area contributed by atoms with Crippen LogP contribution in [0, 0.1) is 5.92 Å². The van der Waals surface area contributed by atoms with Gasteiger partial charge in [-0.05, 0) is 30.5 Å². The van der Waals surface area contributed by atoms with Crippen LogP contribution in [0.4, 0.5) is 0 Å². The maximum absolute atomic E-state index is 11.0. The minimum Gasteiger partial charge on any atom is -0.508 e. The van der Waals surface area contributed by atoms with Gasteiger partial charge in [0.05, 0.1) is 11.6 Å². The predicted molar refractivity (Wildman–Crippen MR) is 72.7 cm³/mol. The van der Waals surface area contributed by atoms with Crippen LogP contribution in [0.15, 0.2) is 24.3 Å². The minimum atomic E-state index is -0.731. The topological polar surface area (TPSA) is 86.2 Å². The molecule has 5 heteroatoms. The quantitative estimate of drug-likeness (QED) is 0.796. The zero-order chi connectivity index (χ0) is 14.1. The molecule has 0 spiro atoms. The first-order valence-corrected chi connectivity index (χ1v) is 6.69. The van der Waals surface area contributed by atoms with Crippen LogP contribution in [0.1, 0.15) is 29.2 Å². The van der Waals surface area contributed by atoms with E-state index in [1.165, 1.54) is 0 Å². The van der Waals surface area contributed by atoms with Crippen LogP contribution in [0.2, 0.25) is 0 Å². The van der Waals surface area contributed by atoms with Gasteiger partial charge in [0.25, 0.3) is 0 Å². The fraction of sp³-hybridized carbons (Fsp3) is 0.333. The van der Waals surface area contributed by atoms with Gasteiger partial charge < -0.3 is 15.2 Å². The molecule has 0 radical (unpaired) electrons. The van der Waals surface area contributed by atoms with Crippen LogP contribution in [-0.4, -0.2) is 26.2 Å². The van der Waals surface area contributed by atoms with E-state index in [4.69, 9.17) is 5.11 Å². The number of aromatic nitrogens is 2. The molecule has 0 amide bonds. The number of carboxylic acid groups (broad SMARTS) is 1. The number of aryl methyl sites for hydroxylation is 1. The lowest BCUT2D eigenvalue weighted by atomic mass is 9.90. The van der Waals surface area contributed by atoms with E-state index in [-0.39, 0.29) is 11.7 Å². The number of aromatic amines is 1. The van der Waals surface area contributed by atoms with Gasteiger partial charge in [-0.25, -0.2) is 4.98 Å². The Kier molecular flexibility index (Phi) is 3.18. The van der Waals surface area contributed by atoms with Crippen LogP contribution >= 0.6 is 0 Å². The smallest absolute Gasteiger partial charge is 0.306 e. The van der Waals surface area contributed by atoms with Crippen molar-refractivity contribution in [2.24, 2.45) is 5.92 Å². The normalized spacial score (nSPS) is 17.7. The van der Waals surface area contributed by atoms with E-state index in [9.17, 15) is 9.90 Å². The lowest BCUT2D eigenvalue weighted by Crippen LogP contribution is -2.22. The Bertz CT molecular complexity index is 631. The third-order valence-corrected chi connectivity index (χ3v) is 3.75. The second-order valence-electron chi connectivity index (χ2n) is 5.23. The largest absolute Gasteiger partial charge is 0.508 e. The molecule has 104 valence electrons. The molecule has 1 heterocycles. The third-order valence-electron chi connectivity index (χ3n) is 3.75. The summed E-state index contributed by atoms with van der Waals surface area (Å²) >= 11 is 0. The fourth-order valence-electron chi connectivity index (χ4n) is 2.64. The molecule has 5 nitrogen and oxygen atoms in total. The molecule has 0 fully saturated rings. The summed E-state index contributed by atoms with van der Waals surface area (Å²) in [4.78, 5) is 18.8. The Morgan fingerprint density at radius 2 is 2.10 bits per heavy atom. The second-order valence-corrected chi connectivity index (χ2v) is 5.23. The minimum absolute atomic E-state index is 0.247. The number of rotatable bonds is 3. The van der Waals surface area contributed by atoms with Crippen molar-refractivity contribution in [3.8, 4) is 5.75 Å². The number of phenolic OH excluding ortho intramolecular Hbond substituents is 1. The van der Waals surface area contributed by atoms with Crippen LogP contribution in [-0.2, 0) is 24.1 Å².